The molecule has 2 heterocycles. The molecule has 1 aliphatic heterocycles. The lowest BCUT2D eigenvalue weighted by molar-refractivity contribution is 0.0890. The zero-order chi connectivity index (χ0) is 17.1. The molecule has 0 radical (unpaired) electrons. The third-order valence-electron chi connectivity index (χ3n) is 5.15. The minimum Gasteiger partial charge on any atom is -0.352 e. The molecule has 0 aliphatic carbocycles. The number of aryl methyl sites for hydroxylation is 1. The summed E-state index contributed by atoms with van der Waals surface area (Å²) in [4.78, 5) is 14.9. The SMILES string of the molecule is Cc1c(C(=O)NC[C@H]2CCCN(C)[C@@H]2c2ccccc2)cnn1C. The molecule has 1 aromatic carbocycles. The second-order valence-electron chi connectivity index (χ2n) is 6.72. The molecule has 0 spiro atoms. The molecule has 128 valence electrons. The molecule has 2 aromatic rings. The van der Waals surface area contributed by atoms with Crippen molar-refractivity contribution in [3.8, 4) is 0 Å². The first-order valence-electron chi connectivity index (χ1n) is 8.60. The number of nitrogens with zero attached hydrogens (tertiary/aromatic N) is 3. The minimum absolute atomic E-state index is 0.0272. The van der Waals surface area contributed by atoms with Gasteiger partial charge in [0.15, 0.2) is 0 Å². The van der Waals surface area contributed by atoms with Gasteiger partial charge in [0, 0.05) is 25.3 Å². The van der Waals surface area contributed by atoms with E-state index in [1.54, 1.807) is 10.9 Å². The molecule has 1 N–H and O–H groups in total. The highest BCUT2D eigenvalue weighted by molar-refractivity contribution is 5.95. The number of amides is 1. The van der Waals surface area contributed by atoms with Crippen molar-refractivity contribution in [3.63, 3.8) is 0 Å². The molecule has 1 aliphatic rings. The Morgan fingerprint density at radius 2 is 2.04 bits per heavy atom. The number of carbonyl (C=O) groups excluding carboxylic acids is 1. The molecule has 2 atom stereocenters. The standard InChI is InChI=1S/C19H26N4O/c1-14-17(13-21-23(14)3)19(24)20-12-16-10-7-11-22(2)18(16)15-8-5-4-6-9-15/h4-6,8-9,13,16,18H,7,10-12H2,1-3H3,(H,20,24)/t16-,18-/m1/s1. The summed E-state index contributed by atoms with van der Waals surface area (Å²) in [6, 6.07) is 11.0. The van der Waals surface area contributed by atoms with Crippen LogP contribution in [0, 0.1) is 12.8 Å². The Labute approximate surface area is 143 Å². The van der Waals surface area contributed by atoms with Crippen LogP contribution in [0.3, 0.4) is 0 Å². The van der Waals surface area contributed by atoms with Gasteiger partial charge in [-0.1, -0.05) is 30.3 Å². The summed E-state index contributed by atoms with van der Waals surface area (Å²) < 4.78 is 1.73. The summed E-state index contributed by atoms with van der Waals surface area (Å²) in [6.07, 6.45) is 3.95. The van der Waals surface area contributed by atoms with Gasteiger partial charge >= 0.3 is 0 Å². The van der Waals surface area contributed by atoms with E-state index in [1.807, 2.05) is 20.0 Å². The lowest BCUT2D eigenvalue weighted by Crippen LogP contribution is -2.41. The van der Waals surface area contributed by atoms with Crippen LogP contribution in [0.1, 0.15) is 40.5 Å². The molecular formula is C19H26N4O. The van der Waals surface area contributed by atoms with Crippen molar-refractivity contribution in [2.24, 2.45) is 13.0 Å². The van der Waals surface area contributed by atoms with Gasteiger partial charge in [-0.15, -0.1) is 0 Å². The zero-order valence-corrected chi connectivity index (χ0v) is 14.7. The highest BCUT2D eigenvalue weighted by Gasteiger charge is 2.30. The van der Waals surface area contributed by atoms with E-state index in [-0.39, 0.29) is 5.91 Å². The van der Waals surface area contributed by atoms with Gasteiger partial charge in [-0.3, -0.25) is 14.4 Å². The lowest BCUT2D eigenvalue weighted by atomic mass is 9.85. The number of likely N-dealkylation sites (tertiary alicyclic amines) is 1. The fourth-order valence-electron chi connectivity index (χ4n) is 3.69. The molecule has 5 heteroatoms. The largest absolute Gasteiger partial charge is 0.352 e. The average molecular weight is 326 g/mol. The Balaban J connectivity index is 1.70. The minimum atomic E-state index is -0.0272. The van der Waals surface area contributed by atoms with Gasteiger partial charge in [0.25, 0.3) is 5.91 Å². The van der Waals surface area contributed by atoms with E-state index in [9.17, 15) is 4.79 Å². The van der Waals surface area contributed by atoms with E-state index in [4.69, 9.17) is 0 Å². The van der Waals surface area contributed by atoms with Crippen LogP contribution < -0.4 is 5.32 Å². The van der Waals surface area contributed by atoms with Gasteiger partial charge in [0.2, 0.25) is 0 Å². The van der Waals surface area contributed by atoms with Gasteiger partial charge in [-0.05, 0) is 44.8 Å². The van der Waals surface area contributed by atoms with Crippen molar-refractivity contribution in [1.29, 1.82) is 0 Å². The smallest absolute Gasteiger partial charge is 0.254 e. The topological polar surface area (TPSA) is 50.2 Å². The fraction of sp³-hybridized carbons (Fsp3) is 0.474. The summed E-state index contributed by atoms with van der Waals surface area (Å²) in [6.45, 7) is 3.71. The number of rotatable bonds is 4. The normalized spacial score (nSPS) is 21.6. The first kappa shape index (κ1) is 16.7. The average Bonchev–Trinajstić information content (AvgIpc) is 2.93. The predicted molar refractivity (Wildman–Crippen MR) is 94.8 cm³/mol. The Hall–Kier alpha value is -2.14. The highest BCUT2D eigenvalue weighted by Crippen LogP contribution is 2.34. The number of benzene rings is 1. The maximum absolute atomic E-state index is 12.5. The van der Waals surface area contributed by atoms with E-state index in [1.165, 1.54) is 12.0 Å². The Morgan fingerprint density at radius 3 is 2.71 bits per heavy atom. The quantitative estimate of drug-likeness (QED) is 0.939. The summed E-state index contributed by atoms with van der Waals surface area (Å²) >= 11 is 0. The number of hydrogen-bond donors (Lipinski definition) is 1. The lowest BCUT2D eigenvalue weighted by Gasteiger charge is -2.39. The summed E-state index contributed by atoms with van der Waals surface area (Å²) in [5.74, 6) is 0.396. The maximum atomic E-state index is 12.5. The molecule has 5 nitrogen and oxygen atoms in total. The Bertz CT molecular complexity index is 695. The molecule has 0 saturated carbocycles. The third kappa shape index (κ3) is 3.36. The molecule has 1 fully saturated rings. The monoisotopic (exact) mass is 326 g/mol. The highest BCUT2D eigenvalue weighted by atomic mass is 16.1. The van der Waals surface area contributed by atoms with Crippen molar-refractivity contribution in [1.82, 2.24) is 20.0 Å². The molecule has 1 amide bonds. The van der Waals surface area contributed by atoms with Crippen LogP contribution in [0.25, 0.3) is 0 Å². The van der Waals surface area contributed by atoms with Crippen LogP contribution in [0.5, 0.6) is 0 Å². The fourth-order valence-corrected chi connectivity index (χ4v) is 3.69. The molecule has 24 heavy (non-hydrogen) atoms. The van der Waals surface area contributed by atoms with Crippen LogP contribution in [-0.4, -0.2) is 40.7 Å². The molecule has 3 rings (SSSR count). The van der Waals surface area contributed by atoms with Crippen molar-refractivity contribution in [2.75, 3.05) is 20.1 Å². The van der Waals surface area contributed by atoms with Crippen LogP contribution >= 0.6 is 0 Å². The third-order valence-corrected chi connectivity index (χ3v) is 5.15. The number of aromatic nitrogens is 2. The van der Waals surface area contributed by atoms with Crippen molar-refractivity contribution in [2.45, 2.75) is 25.8 Å². The van der Waals surface area contributed by atoms with Gasteiger partial charge in [0.05, 0.1) is 11.8 Å². The molecular weight excluding hydrogens is 300 g/mol. The Kier molecular flexibility index (Phi) is 5.00. The van der Waals surface area contributed by atoms with E-state index in [0.717, 1.165) is 18.7 Å². The Morgan fingerprint density at radius 1 is 1.29 bits per heavy atom. The number of nitrogens with one attached hydrogen (secondary N) is 1. The van der Waals surface area contributed by atoms with Crippen molar-refractivity contribution in [3.05, 3.63) is 53.3 Å². The van der Waals surface area contributed by atoms with Gasteiger partial charge in [0.1, 0.15) is 0 Å². The van der Waals surface area contributed by atoms with E-state index >= 15 is 0 Å². The van der Waals surface area contributed by atoms with Gasteiger partial charge < -0.3 is 5.32 Å². The summed E-state index contributed by atoms with van der Waals surface area (Å²) in [7, 11) is 4.03. The predicted octanol–water partition coefficient (Wildman–Crippen LogP) is 2.54. The van der Waals surface area contributed by atoms with Crippen LogP contribution in [0.15, 0.2) is 36.5 Å². The zero-order valence-electron chi connectivity index (χ0n) is 14.7. The van der Waals surface area contributed by atoms with Gasteiger partial charge in [-0.25, -0.2) is 0 Å². The van der Waals surface area contributed by atoms with Crippen molar-refractivity contribution < 1.29 is 4.79 Å². The molecule has 1 saturated heterocycles. The molecule has 1 aromatic heterocycles. The van der Waals surface area contributed by atoms with Crippen LogP contribution in [0.2, 0.25) is 0 Å². The van der Waals surface area contributed by atoms with E-state index in [2.05, 4.69) is 46.6 Å². The van der Waals surface area contributed by atoms with Gasteiger partial charge in [-0.2, -0.15) is 5.10 Å². The maximum Gasteiger partial charge on any atom is 0.254 e. The second-order valence-corrected chi connectivity index (χ2v) is 6.72. The van der Waals surface area contributed by atoms with Crippen LogP contribution in [-0.2, 0) is 7.05 Å². The number of hydrogen-bond acceptors (Lipinski definition) is 3. The van der Waals surface area contributed by atoms with E-state index in [0.29, 0.717) is 24.1 Å². The first-order valence-corrected chi connectivity index (χ1v) is 8.60. The number of piperidine rings is 1. The summed E-state index contributed by atoms with van der Waals surface area (Å²) in [5.41, 5.74) is 2.89. The molecule has 0 bridgehead atoms. The van der Waals surface area contributed by atoms with Crippen LogP contribution in [0.4, 0.5) is 0 Å². The first-order chi connectivity index (χ1) is 11.6. The summed E-state index contributed by atoms with van der Waals surface area (Å²) in [5, 5.41) is 7.28. The van der Waals surface area contributed by atoms with Crippen molar-refractivity contribution >= 4 is 5.91 Å². The van der Waals surface area contributed by atoms with E-state index < -0.39 is 0 Å². The second kappa shape index (κ2) is 7.18. The molecule has 0 unspecified atom stereocenters. The number of carbonyl (C=O) groups is 1.